The number of anilines is 1. The van der Waals surface area contributed by atoms with E-state index in [4.69, 9.17) is 4.74 Å². The summed E-state index contributed by atoms with van der Waals surface area (Å²) in [6.45, 7) is 6.62. The Morgan fingerprint density at radius 2 is 2.00 bits per heavy atom. The number of allylic oxidation sites excluding steroid dienone is 2. The van der Waals surface area contributed by atoms with Gasteiger partial charge in [-0.05, 0) is 27.7 Å². The van der Waals surface area contributed by atoms with Crippen molar-refractivity contribution < 1.29 is 17.9 Å². The smallest absolute Gasteiger partial charge is 0.335 e. The molecule has 21 heavy (non-hydrogen) atoms. The standard InChI is InChI=1S/C11H17N5O4S/c1-5-7(3)21(18,19)16-10(17)14-9-12-8(4)13-11(15-9)20-6-2/h5H,6H2,1-4H3,(H2,12,13,14,15,16,17). The van der Waals surface area contributed by atoms with Crippen LogP contribution < -0.4 is 14.8 Å². The summed E-state index contributed by atoms with van der Waals surface area (Å²) in [5.41, 5.74) is 0. The first kappa shape index (κ1) is 16.8. The average Bonchev–Trinajstić information content (AvgIpc) is 2.36. The number of aromatic nitrogens is 3. The molecule has 0 aliphatic carbocycles. The highest BCUT2D eigenvalue weighted by Crippen LogP contribution is 2.08. The van der Waals surface area contributed by atoms with E-state index in [9.17, 15) is 13.2 Å². The van der Waals surface area contributed by atoms with Gasteiger partial charge in [0.05, 0.1) is 11.5 Å². The second-order valence-corrected chi connectivity index (χ2v) is 5.74. The predicted octanol–water partition coefficient (Wildman–Crippen LogP) is 0.954. The summed E-state index contributed by atoms with van der Waals surface area (Å²) < 4.78 is 30.3. The molecule has 0 aromatic carbocycles. The number of hydrogen-bond acceptors (Lipinski definition) is 7. The van der Waals surface area contributed by atoms with Crippen LogP contribution in [0.3, 0.4) is 0 Å². The molecule has 0 atom stereocenters. The number of sulfonamides is 1. The lowest BCUT2D eigenvalue weighted by molar-refractivity contribution is 0.256. The largest absolute Gasteiger partial charge is 0.464 e. The summed E-state index contributed by atoms with van der Waals surface area (Å²) in [6, 6.07) is -0.919. The maximum Gasteiger partial charge on any atom is 0.335 e. The third-order valence-electron chi connectivity index (χ3n) is 2.28. The van der Waals surface area contributed by atoms with Crippen LogP contribution in [-0.4, -0.2) is 36.0 Å². The number of urea groups is 1. The number of carbonyl (C=O) groups is 1. The quantitative estimate of drug-likeness (QED) is 0.829. The minimum absolute atomic E-state index is 0.0273. The summed E-state index contributed by atoms with van der Waals surface area (Å²) >= 11 is 0. The minimum Gasteiger partial charge on any atom is -0.464 e. The van der Waals surface area contributed by atoms with Gasteiger partial charge in [-0.3, -0.25) is 5.32 Å². The summed E-state index contributed by atoms with van der Waals surface area (Å²) in [4.78, 5) is 23.3. The van der Waals surface area contributed by atoms with Crippen LogP contribution in [-0.2, 0) is 10.0 Å². The molecule has 1 aromatic heterocycles. The molecule has 0 bridgehead atoms. The van der Waals surface area contributed by atoms with E-state index in [1.54, 1.807) is 20.8 Å². The van der Waals surface area contributed by atoms with Crippen LogP contribution in [0, 0.1) is 6.92 Å². The zero-order valence-corrected chi connectivity index (χ0v) is 13.0. The van der Waals surface area contributed by atoms with Crippen molar-refractivity contribution in [2.75, 3.05) is 11.9 Å². The number of nitrogens with one attached hydrogen (secondary N) is 2. The first-order valence-electron chi connectivity index (χ1n) is 6.10. The van der Waals surface area contributed by atoms with E-state index in [1.165, 1.54) is 13.0 Å². The van der Waals surface area contributed by atoms with Crippen molar-refractivity contribution in [1.29, 1.82) is 0 Å². The highest BCUT2D eigenvalue weighted by molar-refractivity contribution is 7.93. The van der Waals surface area contributed by atoms with Crippen LogP contribution in [0.5, 0.6) is 6.01 Å². The lowest BCUT2D eigenvalue weighted by Crippen LogP contribution is -2.35. The van der Waals surface area contributed by atoms with Gasteiger partial charge >= 0.3 is 12.0 Å². The number of nitrogens with zero attached hydrogens (tertiary/aromatic N) is 3. The van der Waals surface area contributed by atoms with E-state index in [0.29, 0.717) is 12.4 Å². The monoisotopic (exact) mass is 315 g/mol. The van der Waals surface area contributed by atoms with Gasteiger partial charge in [0, 0.05) is 0 Å². The second-order valence-electron chi connectivity index (χ2n) is 3.88. The molecule has 1 aromatic rings. The molecule has 116 valence electrons. The Morgan fingerprint density at radius 1 is 1.33 bits per heavy atom. The molecule has 0 radical (unpaired) electrons. The number of aryl methyl sites for hydroxylation is 1. The molecule has 0 spiro atoms. The Hall–Kier alpha value is -2.23. The molecular weight excluding hydrogens is 298 g/mol. The number of amides is 2. The first-order chi connectivity index (χ1) is 9.78. The lowest BCUT2D eigenvalue weighted by atomic mass is 10.6. The van der Waals surface area contributed by atoms with Crippen molar-refractivity contribution in [2.24, 2.45) is 0 Å². The van der Waals surface area contributed by atoms with E-state index < -0.39 is 16.1 Å². The molecule has 1 heterocycles. The van der Waals surface area contributed by atoms with E-state index in [1.807, 2.05) is 4.72 Å². The van der Waals surface area contributed by atoms with Crippen LogP contribution in [0.2, 0.25) is 0 Å². The van der Waals surface area contributed by atoms with E-state index in [2.05, 4.69) is 20.3 Å². The fourth-order valence-corrected chi connectivity index (χ4v) is 1.96. The summed E-state index contributed by atoms with van der Waals surface area (Å²) in [7, 11) is -3.86. The second kappa shape index (κ2) is 6.97. The van der Waals surface area contributed by atoms with Crippen molar-refractivity contribution in [2.45, 2.75) is 27.7 Å². The molecule has 9 nitrogen and oxygen atoms in total. The van der Waals surface area contributed by atoms with Crippen molar-refractivity contribution in [3.63, 3.8) is 0 Å². The predicted molar refractivity (Wildman–Crippen MR) is 76.2 cm³/mol. The maximum atomic E-state index is 11.7. The van der Waals surface area contributed by atoms with Gasteiger partial charge in [-0.25, -0.2) is 17.9 Å². The van der Waals surface area contributed by atoms with Crippen LogP contribution in [0.25, 0.3) is 0 Å². The molecular formula is C11H17N5O4S. The number of hydrogen-bond donors (Lipinski definition) is 2. The third-order valence-corrected chi connectivity index (χ3v) is 3.82. The molecule has 10 heteroatoms. The fraction of sp³-hybridized carbons (Fsp3) is 0.455. The Bertz CT molecular complexity index is 657. The minimum atomic E-state index is -3.86. The zero-order valence-electron chi connectivity index (χ0n) is 12.2. The highest BCUT2D eigenvalue weighted by atomic mass is 32.2. The Kier molecular flexibility index (Phi) is 5.59. The normalized spacial score (nSPS) is 11.9. The van der Waals surface area contributed by atoms with Gasteiger partial charge in [0.25, 0.3) is 10.0 Å². The molecule has 0 aliphatic heterocycles. The van der Waals surface area contributed by atoms with Crippen molar-refractivity contribution in [3.8, 4) is 6.01 Å². The number of ether oxygens (including phenoxy) is 1. The van der Waals surface area contributed by atoms with E-state index >= 15 is 0 Å². The van der Waals surface area contributed by atoms with Gasteiger partial charge < -0.3 is 4.74 Å². The zero-order chi connectivity index (χ0) is 16.0. The Labute approximate surface area is 122 Å². The SMILES string of the molecule is CC=C(C)S(=O)(=O)NC(=O)Nc1nc(C)nc(OCC)n1. The van der Waals surface area contributed by atoms with Crippen molar-refractivity contribution >= 4 is 22.0 Å². The van der Waals surface area contributed by atoms with Gasteiger partial charge in [0.2, 0.25) is 5.95 Å². The van der Waals surface area contributed by atoms with Crippen molar-refractivity contribution in [3.05, 3.63) is 16.8 Å². The van der Waals surface area contributed by atoms with Gasteiger partial charge in [-0.1, -0.05) is 6.08 Å². The molecule has 0 saturated carbocycles. The average molecular weight is 315 g/mol. The molecule has 0 saturated heterocycles. The molecule has 2 amide bonds. The Balaban J connectivity index is 2.84. The summed E-state index contributed by atoms with van der Waals surface area (Å²) in [6.07, 6.45) is 1.37. The summed E-state index contributed by atoms with van der Waals surface area (Å²) in [5, 5.41) is 2.22. The maximum absolute atomic E-state index is 11.7. The summed E-state index contributed by atoms with van der Waals surface area (Å²) in [5.74, 6) is 0.230. The molecule has 2 N–H and O–H groups in total. The van der Waals surface area contributed by atoms with Crippen LogP contribution in [0.4, 0.5) is 10.7 Å². The molecule has 1 rings (SSSR count). The van der Waals surface area contributed by atoms with E-state index in [0.717, 1.165) is 0 Å². The van der Waals surface area contributed by atoms with Crippen LogP contribution in [0.1, 0.15) is 26.6 Å². The van der Waals surface area contributed by atoms with Crippen LogP contribution in [0.15, 0.2) is 11.0 Å². The highest BCUT2D eigenvalue weighted by Gasteiger charge is 2.17. The number of rotatable bonds is 5. The van der Waals surface area contributed by atoms with Gasteiger partial charge in [0.1, 0.15) is 5.82 Å². The van der Waals surface area contributed by atoms with Crippen LogP contribution >= 0.6 is 0 Å². The van der Waals surface area contributed by atoms with Gasteiger partial charge in [-0.15, -0.1) is 0 Å². The molecule has 0 unspecified atom stereocenters. The van der Waals surface area contributed by atoms with Gasteiger partial charge in [-0.2, -0.15) is 15.0 Å². The van der Waals surface area contributed by atoms with E-state index in [-0.39, 0.29) is 16.9 Å². The topological polar surface area (TPSA) is 123 Å². The molecule has 0 aliphatic rings. The first-order valence-corrected chi connectivity index (χ1v) is 7.59. The van der Waals surface area contributed by atoms with Crippen molar-refractivity contribution in [1.82, 2.24) is 19.7 Å². The lowest BCUT2D eigenvalue weighted by Gasteiger charge is -2.08. The Morgan fingerprint density at radius 3 is 2.57 bits per heavy atom. The number of carbonyl (C=O) groups excluding carboxylic acids is 1. The molecule has 0 fully saturated rings. The van der Waals surface area contributed by atoms with Gasteiger partial charge in [0.15, 0.2) is 0 Å². The third kappa shape index (κ3) is 4.99. The fourth-order valence-electron chi connectivity index (χ4n) is 1.19.